The number of unbranched alkanes of at least 4 members (excludes halogenated alkanes) is 10. The Morgan fingerprint density at radius 2 is 1.46 bits per heavy atom. The maximum absolute atomic E-state index is 12.5. The summed E-state index contributed by atoms with van der Waals surface area (Å²) in [6, 6.07) is -2.86. The Bertz CT molecular complexity index is 752. The van der Waals surface area contributed by atoms with Gasteiger partial charge in [-0.2, -0.15) is 0 Å². The van der Waals surface area contributed by atoms with Crippen LogP contribution in [0.4, 0.5) is 0 Å². The number of carbonyl (C=O) groups excluding carboxylic acids is 2. The van der Waals surface area contributed by atoms with Crippen LogP contribution in [-0.2, 0) is 19.1 Å². The SMILES string of the molecule is CCCCCCCCCCCCCC(=O)N[C@@H](CC(=O)N[C@@H]1O[C@H](CO)[C@@H](O)[C@H](O)[C@H]1N=C(C)[O-])C(=O)O.[Na+]. The Kier molecular flexibility index (Phi) is 20.8. The van der Waals surface area contributed by atoms with Crippen molar-refractivity contribution in [3.63, 3.8) is 0 Å². The monoisotopic (exact) mass is 567 g/mol. The maximum atomic E-state index is 12.5. The molecule has 1 aliphatic rings. The molecule has 0 saturated carbocycles. The second-order valence-electron chi connectivity index (χ2n) is 9.91. The fraction of sp³-hybridized carbons (Fsp3) is 0.846. The van der Waals surface area contributed by atoms with Crippen molar-refractivity contribution >= 4 is 23.7 Å². The number of aliphatic imine (C=N–C) groups is 1. The van der Waals surface area contributed by atoms with Crippen LogP contribution in [0.15, 0.2) is 4.99 Å². The molecule has 1 saturated heterocycles. The van der Waals surface area contributed by atoms with Gasteiger partial charge in [-0.3, -0.25) is 14.6 Å². The number of carbonyl (C=O) groups is 3. The molecule has 0 bridgehead atoms. The van der Waals surface area contributed by atoms with Gasteiger partial charge in [-0.1, -0.05) is 71.1 Å². The molecule has 0 aromatic heterocycles. The first-order chi connectivity index (χ1) is 18.1. The van der Waals surface area contributed by atoms with E-state index in [1.54, 1.807) is 0 Å². The van der Waals surface area contributed by atoms with Gasteiger partial charge in [-0.05, 0) is 19.2 Å². The molecule has 0 aliphatic carbocycles. The van der Waals surface area contributed by atoms with Gasteiger partial charge >= 0.3 is 35.5 Å². The third-order valence-electron chi connectivity index (χ3n) is 6.56. The van der Waals surface area contributed by atoms with Crippen molar-refractivity contribution in [2.75, 3.05) is 6.61 Å². The van der Waals surface area contributed by atoms with Crippen molar-refractivity contribution in [2.24, 2.45) is 4.99 Å². The van der Waals surface area contributed by atoms with E-state index in [0.29, 0.717) is 6.42 Å². The summed E-state index contributed by atoms with van der Waals surface area (Å²) in [4.78, 5) is 40.1. The minimum Gasteiger partial charge on any atom is -0.862 e. The number of aliphatic hydroxyl groups is 3. The molecule has 1 heterocycles. The van der Waals surface area contributed by atoms with E-state index in [-0.39, 0.29) is 36.0 Å². The van der Waals surface area contributed by atoms with Crippen LogP contribution >= 0.6 is 0 Å². The number of carboxylic acid groups (broad SMARTS) is 1. The van der Waals surface area contributed by atoms with Gasteiger partial charge in [0.2, 0.25) is 11.8 Å². The quantitative estimate of drug-likeness (QED) is 0.0417. The summed E-state index contributed by atoms with van der Waals surface area (Å²) in [7, 11) is 0. The van der Waals surface area contributed by atoms with E-state index in [1.807, 2.05) is 0 Å². The second kappa shape index (κ2) is 21.5. The Balaban J connectivity index is 0.0000144. The van der Waals surface area contributed by atoms with E-state index in [1.165, 1.54) is 44.9 Å². The number of carboxylic acids is 1. The Morgan fingerprint density at radius 1 is 0.923 bits per heavy atom. The Hall–Kier alpha value is -1.28. The van der Waals surface area contributed by atoms with Gasteiger partial charge in [-0.15, -0.1) is 0 Å². The molecule has 0 spiro atoms. The fourth-order valence-electron chi connectivity index (χ4n) is 4.39. The van der Waals surface area contributed by atoms with E-state index < -0.39 is 73.3 Å². The summed E-state index contributed by atoms with van der Waals surface area (Å²) < 4.78 is 5.38. The zero-order valence-electron chi connectivity index (χ0n) is 23.6. The van der Waals surface area contributed by atoms with E-state index in [0.717, 1.165) is 26.2 Å². The van der Waals surface area contributed by atoms with Crippen molar-refractivity contribution in [3.05, 3.63) is 0 Å². The molecule has 0 aromatic rings. The minimum atomic E-state index is -1.61. The number of rotatable bonds is 19. The Labute approximate surface area is 253 Å². The van der Waals surface area contributed by atoms with E-state index in [9.17, 15) is 39.9 Å². The number of aliphatic hydroxyl groups excluding tert-OH is 3. The topological polar surface area (TPSA) is 201 Å². The van der Waals surface area contributed by atoms with Crippen molar-refractivity contribution in [1.29, 1.82) is 0 Å². The normalized spacial score (nSPS) is 23.9. The molecule has 6 atom stereocenters. The molecule has 12 nitrogen and oxygen atoms in total. The standard InChI is InChI=1S/C26H47N3O9.Na/c1-3-4-5-6-7-8-9-10-11-12-13-14-20(32)28-18(26(36)37)15-21(33)29-25-22(27-17(2)31)24(35)23(34)19(16-30)38-25;/h18-19,22-25,30,34-35H,3-16H2,1-2H3,(H,27,31)(H,28,32)(H,29,33)(H,36,37);/q;+1/p-1/t18-,19+,22+,23+,24+,25+;/m0./s1. The first-order valence-electron chi connectivity index (χ1n) is 13.8. The summed E-state index contributed by atoms with van der Waals surface area (Å²) >= 11 is 0. The number of amides is 2. The van der Waals surface area contributed by atoms with Crippen LogP contribution in [0.25, 0.3) is 0 Å². The van der Waals surface area contributed by atoms with E-state index in [2.05, 4.69) is 22.5 Å². The predicted molar refractivity (Wildman–Crippen MR) is 138 cm³/mol. The average molecular weight is 568 g/mol. The van der Waals surface area contributed by atoms with Crippen LogP contribution < -0.4 is 45.3 Å². The summed E-state index contributed by atoms with van der Waals surface area (Å²) in [5, 5.41) is 55.3. The van der Waals surface area contributed by atoms with Gasteiger partial charge < -0.3 is 40.9 Å². The molecule has 220 valence electrons. The van der Waals surface area contributed by atoms with Crippen molar-refractivity contribution in [3.8, 4) is 0 Å². The van der Waals surface area contributed by atoms with E-state index >= 15 is 0 Å². The molecule has 0 aromatic carbocycles. The molecule has 0 unspecified atom stereocenters. The third kappa shape index (κ3) is 15.3. The molecule has 1 fully saturated rings. The molecule has 1 rings (SSSR count). The molecular formula is C26H46N3NaO9. The number of hydrogen-bond donors (Lipinski definition) is 6. The summed E-state index contributed by atoms with van der Waals surface area (Å²) in [6.45, 7) is 2.64. The average Bonchev–Trinajstić information content (AvgIpc) is 2.86. The van der Waals surface area contributed by atoms with Crippen LogP contribution in [0.2, 0.25) is 0 Å². The van der Waals surface area contributed by atoms with Crippen molar-refractivity contribution in [2.45, 2.75) is 134 Å². The maximum Gasteiger partial charge on any atom is 1.00 e. The number of hydrogen-bond acceptors (Lipinski definition) is 9. The molecule has 13 heteroatoms. The first-order valence-corrected chi connectivity index (χ1v) is 13.8. The minimum absolute atomic E-state index is 0. The number of nitrogens with zero attached hydrogens (tertiary/aromatic N) is 1. The van der Waals surface area contributed by atoms with Gasteiger partial charge in [0.05, 0.1) is 13.0 Å². The van der Waals surface area contributed by atoms with Gasteiger partial charge in [0.25, 0.3) is 0 Å². The summed E-state index contributed by atoms with van der Waals surface area (Å²) in [6.07, 6.45) is 6.07. The van der Waals surface area contributed by atoms with Gasteiger partial charge in [0.15, 0.2) is 6.23 Å². The van der Waals surface area contributed by atoms with Crippen LogP contribution in [0.5, 0.6) is 0 Å². The molecule has 1 aliphatic heterocycles. The largest absolute Gasteiger partial charge is 1.00 e. The third-order valence-corrected chi connectivity index (χ3v) is 6.56. The molecule has 2 amide bonds. The van der Waals surface area contributed by atoms with Crippen molar-refractivity contribution in [1.82, 2.24) is 10.6 Å². The van der Waals surface area contributed by atoms with E-state index in [4.69, 9.17) is 4.74 Å². The molecular weight excluding hydrogens is 521 g/mol. The smallest absolute Gasteiger partial charge is 0.862 e. The summed E-state index contributed by atoms with van der Waals surface area (Å²) in [5.74, 6) is -3.41. The zero-order chi connectivity index (χ0) is 28.5. The van der Waals surface area contributed by atoms with Gasteiger partial charge in [0, 0.05) is 6.42 Å². The van der Waals surface area contributed by atoms with Crippen LogP contribution in [0.1, 0.15) is 97.3 Å². The van der Waals surface area contributed by atoms with Gasteiger partial charge in [-0.25, -0.2) is 4.79 Å². The number of aliphatic carboxylic acids is 1. The van der Waals surface area contributed by atoms with Crippen LogP contribution in [0.3, 0.4) is 0 Å². The number of ether oxygens (including phenoxy) is 1. The predicted octanol–water partition coefficient (Wildman–Crippen LogP) is -2.65. The fourth-order valence-corrected chi connectivity index (χ4v) is 4.39. The first kappa shape index (κ1) is 37.7. The second-order valence-corrected chi connectivity index (χ2v) is 9.91. The van der Waals surface area contributed by atoms with Gasteiger partial charge in [0.1, 0.15) is 30.4 Å². The number of nitrogens with one attached hydrogen (secondary N) is 2. The van der Waals surface area contributed by atoms with Crippen LogP contribution in [-0.4, -0.2) is 87.3 Å². The molecule has 6 N–H and O–H groups in total. The summed E-state index contributed by atoms with van der Waals surface area (Å²) in [5.41, 5.74) is 0. The van der Waals surface area contributed by atoms with Crippen molar-refractivity contribution < 1.29 is 74.2 Å². The van der Waals surface area contributed by atoms with Crippen LogP contribution in [0, 0.1) is 0 Å². The molecule has 0 radical (unpaired) electrons. The Morgan fingerprint density at radius 3 is 1.95 bits per heavy atom. The zero-order valence-corrected chi connectivity index (χ0v) is 25.6. The molecule has 39 heavy (non-hydrogen) atoms.